The highest BCUT2D eigenvalue weighted by Crippen LogP contribution is 2.37. The van der Waals surface area contributed by atoms with Crippen molar-refractivity contribution in [2.24, 2.45) is 0 Å². The average Bonchev–Trinajstić information content (AvgIpc) is 2.60. The Morgan fingerprint density at radius 2 is 2.05 bits per heavy atom. The van der Waals surface area contributed by atoms with E-state index in [0.29, 0.717) is 5.92 Å². The van der Waals surface area contributed by atoms with Crippen molar-refractivity contribution in [3.05, 3.63) is 53.9 Å². The van der Waals surface area contributed by atoms with E-state index in [1.54, 1.807) is 7.11 Å². The van der Waals surface area contributed by atoms with Gasteiger partial charge in [-0.05, 0) is 36.9 Å². The molecule has 22 heavy (non-hydrogen) atoms. The molecule has 4 nitrogen and oxygen atoms in total. The Bertz CT molecular complexity index is 627. The molecule has 2 aromatic rings. The largest absolute Gasteiger partial charge is 0.497 e. The maximum atomic E-state index is 6.20. The smallest absolute Gasteiger partial charge is 0.142 e. The number of nitrogens with zero attached hydrogens (tertiary/aromatic N) is 1. The van der Waals surface area contributed by atoms with Gasteiger partial charge in [0.1, 0.15) is 17.6 Å². The zero-order chi connectivity index (χ0) is 15.5. The fourth-order valence-electron chi connectivity index (χ4n) is 3.00. The van der Waals surface area contributed by atoms with Crippen LogP contribution < -0.4 is 14.8 Å². The van der Waals surface area contributed by atoms with Crippen LogP contribution in [0.2, 0.25) is 0 Å². The summed E-state index contributed by atoms with van der Waals surface area (Å²) < 4.78 is 11.4. The molecular formula is C18H22N2O2. The number of benzene rings is 1. The van der Waals surface area contributed by atoms with Crippen LogP contribution in [0.5, 0.6) is 11.5 Å². The summed E-state index contributed by atoms with van der Waals surface area (Å²) in [7, 11) is 3.66. The molecule has 1 aromatic carbocycles. The van der Waals surface area contributed by atoms with Crippen LogP contribution in [0.4, 0.5) is 0 Å². The molecule has 0 amide bonds. The van der Waals surface area contributed by atoms with Crippen molar-refractivity contribution < 1.29 is 9.47 Å². The minimum atomic E-state index is 0.127. The van der Waals surface area contributed by atoms with E-state index < -0.39 is 0 Å². The number of methoxy groups -OCH3 is 1. The molecular weight excluding hydrogens is 276 g/mol. The Balaban J connectivity index is 1.83. The molecule has 0 bridgehead atoms. The zero-order valence-electron chi connectivity index (χ0n) is 13.2. The van der Waals surface area contributed by atoms with E-state index >= 15 is 0 Å². The van der Waals surface area contributed by atoms with Crippen LogP contribution in [0.1, 0.15) is 36.6 Å². The van der Waals surface area contributed by atoms with Crippen molar-refractivity contribution in [1.82, 2.24) is 10.3 Å². The molecule has 1 N–H and O–H groups in total. The summed E-state index contributed by atoms with van der Waals surface area (Å²) in [4.78, 5) is 4.46. The minimum Gasteiger partial charge on any atom is -0.497 e. The van der Waals surface area contributed by atoms with Gasteiger partial charge in [-0.2, -0.15) is 0 Å². The second-order valence-corrected chi connectivity index (χ2v) is 5.68. The van der Waals surface area contributed by atoms with Crippen molar-refractivity contribution in [1.29, 1.82) is 0 Å². The molecule has 1 aliphatic rings. The van der Waals surface area contributed by atoms with Crippen LogP contribution in [0, 0.1) is 0 Å². The summed E-state index contributed by atoms with van der Waals surface area (Å²) in [5.41, 5.74) is 2.26. The maximum Gasteiger partial charge on any atom is 0.142 e. The van der Waals surface area contributed by atoms with Gasteiger partial charge in [0.15, 0.2) is 0 Å². The molecule has 1 aliphatic heterocycles. The van der Waals surface area contributed by atoms with Crippen LogP contribution in [0.15, 0.2) is 42.6 Å². The zero-order valence-corrected chi connectivity index (χ0v) is 13.2. The molecule has 0 saturated carbocycles. The first-order chi connectivity index (χ1) is 10.7. The van der Waals surface area contributed by atoms with Crippen LogP contribution in [-0.4, -0.2) is 25.2 Å². The van der Waals surface area contributed by atoms with E-state index in [-0.39, 0.29) is 12.1 Å². The Morgan fingerprint density at radius 1 is 1.27 bits per heavy atom. The number of hydrogen-bond donors (Lipinski definition) is 1. The SMILES string of the molecule is CNC1CC([C@@H](C)c2ccc(OC)cc2)Oc2cccnc21. The number of fused-ring (bicyclic) bond motifs is 1. The lowest BCUT2D eigenvalue weighted by molar-refractivity contribution is 0.127. The van der Waals surface area contributed by atoms with Crippen LogP contribution in [0.25, 0.3) is 0 Å². The summed E-state index contributed by atoms with van der Waals surface area (Å²) in [6.07, 6.45) is 2.86. The molecule has 2 unspecified atom stereocenters. The third-order valence-electron chi connectivity index (χ3n) is 4.42. The standard InChI is InChI=1S/C18H22N2O2/c1-12(13-6-8-14(21-3)9-7-13)17-11-15(19-2)18-16(22-17)5-4-10-20-18/h4-10,12,15,17,19H,11H2,1-3H3/t12-,15?,17?/m0/s1. The molecule has 0 spiro atoms. The van der Waals surface area contributed by atoms with Crippen molar-refractivity contribution in [2.45, 2.75) is 31.4 Å². The normalized spacial score (nSPS) is 21.6. The Morgan fingerprint density at radius 3 is 2.73 bits per heavy atom. The van der Waals surface area contributed by atoms with Crippen molar-refractivity contribution in [3.63, 3.8) is 0 Å². The monoisotopic (exact) mass is 298 g/mol. The highest BCUT2D eigenvalue weighted by atomic mass is 16.5. The molecule has 2 heterocycles. The van der Waals surface area contributed by atoms with Crippen molar-refractivity contribution in [2.75, 3.05) is 14.2 Å². The molecule has 3 atom stereocenters. The van der Waals surface area contributed by atoms with Gasteiger partial charge in [-0.1, -0.05) is 19.1 Å². The van der Waals surface area contributed by atoms with Gasteiger partial charge in [-0.25, -0.2) is 0 Å². The minimum absolute atomic E-state index is 0.127. The van der Waals surface area contributed by atoms with E-state index in [1.165, 1.54) is 5.56 Å². The molecule has 4 heteroatoms. The van der Waals surface area contributed by atoms with Gasteiger partial charge in [0.2, 0.25) is 0 Å². The second-order valence-electron chi connectivity index (χ2n) is 5.68. The van der Waals surface area contributed by atoms with Gasteiger partial charge in [0.25, 0.3) is 0 Å². The molecule has 0 saturated heterocycles. The Hall–Kier alpha value is -2.07. The van der Waals surface area contributed by atoms with Crippen LogP contribution >= 0.6 is 0 Å². The van der Waals surface area contributed by atoms with Gasteiger partial charge in [0, 0.05) is 18.5 Å². The summed E-state index contributed by atoms with van der Waals surface area (Å²) >= 11 is 0. The highest BCUT2D eigenvalue weighted by molar-refractivity contribution is 5.34. The van der Waals surface area contributed by atoms with Gasteiger partial charge >= 0.3 is 0 Å². The first-order valence-electron chi connectivity index (χ1n) is 7.65. The van der Waals surface area contributed by atoms with Crippen LogP contribution in [-0.2, 0) is 0 Å². The highest BCUT2D eigenvalue weighted by Gasteiger charge is 2.32. The van der Waals surface area contributed by atoms with Gasteiger partial charge in [-0.3, -0.25) is 4.98 Å². The van der Waals surface area contributed by atoms with Gasteiger partial charge in [-0.15, -0.1) is 0 Å². The molecule has 1 aromatic heterocycles. The van der Waals surface area contributed by atoms with Crippen molar-refractivity contribution in [3.8, 4) is 11.5 Å². The molecule has 0 fully saturated rings. The topological polar surface area (TPSA) is 43.4 Å². The lowest BCUT2D eigenvalue weighted by Crippen LogP contribution is -2.35. The van der Waals surface area contributed by atoms with Crippen molar-refractivity contribution >= 4 is 0 Å². The summed E-state index contributed by atoms with van der Waals surface area (Å²) in [5, 5.41) is 3.35. The van der Waals surface area contributed by atoms with E-state index in [4.69, 9.17) is 9.47 Å². The van der Waals surface area contributed by atoms with Crippen LogP contribution in [0.3, 0.4) is 0 Å². The number of aromatic nitrogens is 1. The van der Waals surface area contributed by atoms with Gasteiger partial charge < -0.3 is 14.8 Å². The molecule has 0 aliphatic carbocycles. The lowest BCUT2D eigenvalue weighted by atomic mass is 9.88. The number of pyridine rings is 1. The summed E-state index contributed by atoms with van der Waals surface area (Å²) in [6.45, 7) is 2.21. The second kappa shape index (κ2) is 6.36. The molecule has 0 radical (unpaired) electrons. The third kappa shape index (κ3) is 2.79. The fourth-order valence-corrected chi connectivity index (χ4v) is 3.00. The van der Waals surface area contributed by atoms with E-state index in [2.05, 4.69) is 29.4 Å². The number of nitrogens with one attached hydrogen (secondary N) is 1. The first-order valence-corrected chi connectivity index (χ1v) is 7.65. The molecule has 116 valence electrons. The van der Waals surface area contributed by atoms with E-state index in [9.17, 15) is 0 Å². The molecule has 3 rings (SSSR count). The lowest BCUT2D eigenvalue weighted by Gasteiger charge is -2.34. The average molecular weight is 298 g/mol. The quantitative estimate of drug-likeness (QED) is 0.940. The first kappa shape index (κ1) is 14.9. The predicted molar refractivity (Wildman–Crippen MR) is 86.5 cm³/mol. The maximum absolute atomic E-state index is 6.20. The predicted octanol–water partition coefficient (Wildman–Crippen LogP) is 3.31. The fraction of sp³-hybridized carbons (Fsp3) is 0.389. The van der Waals surface area contributed by atoms with E-state index in [0.717, 1.165) is 23.6 Å². The van der Waals surface area contributed by atoms with Gasteiger partial charge in [0.05, 0.1) is 18.8 Å². The summed E-state index contributed by atoms with van der Waals surface area (Å²) in [5.74, 6) is 2.07. The number of hydrogen-bond acceptors (Lipinski definition) is 4. The third-order valence-corrected chi connectivity index (χ3v) is 4.42. The number of ether oxygens (including phenoxy) is 2. The number of rotatable bonds is 4. The summed E-state index contributed by atoms with van der Waals surface area (Å²) in [6, 6.07) is 12.4. The van der Waals surface area contributed by atoms with E-state index in [1.807, 2.05) is 37.5 Å². The Labute approximate surface area is 131 Å². The Kier molecular flexibility index (Phi) is 4.29.